The van der Waals surface area contributed by atoms with Crippen LogP contribution in [-0.2, 0) is 15.1 Å². The van der Waals surface area contributed by atoms with Gasteiger partial charge < -0.3 is 9.84 Å². The third-order valence-corrected chi connectivity index (χ3v) is 5.06. The van der Waals surface area contributed by atoms with E-state index in [-0.39, 0.29) is 12.5 Å². The summed E-state index contributed by atoms with van der Waals surface area (Å²) in [4.78, 5) is 14.5. The van der Waals surface area contributed by atoms with E-state index in [0.29, 0.717) is 18.7 Å². The van der Waals surface area contributed by atoms with E-state index in [9.17, 15) is 9.90 Å². The SMILES string of the molecule is [2H]C([2H])(C#CCOC(=O)[C@](O)(c1ccccc1)C1CCCCC1)N(CC)CC. The van der Waals surface area contributed by atoms with Crippen LogP contribution in [0.1, 0.15) is 54.3 Å². The number of hydrogen-bond acceptors (Lipinski definition) is 4. The number of benzene rings is 1. The van der Waals surface area contributed by atoms with E-state index in [0.717, 1.165) is 32.1 Å². The normalized spacial score (nSPS) is 18.9. The van der Waals surface area contributed by atoms with Crippen LogP contribution in [0.3, 0.4) is 0 Å². The van der Waals surface area contributed by atoms with E-state index in [1.807, 2.05) is 19.9 Å². The van der Waals surface area contributed by atoms with Gasteiger partial charge in [0.05, 0.1) is 9.24 Å². The Morgan fingerprint density at radius 2 is 1.88 bits per heavy atom. The summed E-state index contributed by atoms with van der Waals surface area (Å²) >= 11 is 0. The maximum Gasteiger partial charge on any atom is 0.344 e. The molecule has 0 unspecified atom stereocenters. The summed E-state index contributed by atoms with van der Waals surface area (Å²) in [5.74, 6) is 4.25. The van der Waals surface area contributed by atoms with Crippen LogP contribution in [0.5, 0.6) is 0 Å². The summed E-state index contributed by atoms with van der Waals surface area (Å²) in [6.45, 7) is 2.78. The molecule has 1 aromatic carbocycles. The summed E-state index contributed by atoms with van der Waals surface area (Å²) in [6.07, 6.45) is 4.63. The average molecular weight is 360 g/mol. The Labute approximate surface area is 160 Å². The minimum Gasteiger partial charge on any atom is -0.450 e. The van der Waals surface area contributed by atoms with Crippen LogP contribution in [0.15, 0.2) is 30.3 Å². The number of ether oxygens (including phenoxy) is 1. The van der Waals surface area contributed by atoms with Gasteiger partial charge in [-0.05, 0) is 31.5 Å². The Morgan fingerprint density at radius 3 is 2.50 bits per heavy atom. The van der Waals surface area contributed by atoms with Crippen molar-refractivity contribution in [3.05, 3.63) is 35.9 Å². The minimum atomic E-state index is -1.78. The molecule has 0 aliphatic heterocycles. The molecule has 1 N–H and O–H groups in total. The smallest absolute Gasteiger partial charge is 0.344 e. The molecule has 1 aromatic rings. The lowest BCUT2D eigenvalue weighted by Gasteiger charge is -2.36. The highest BCUT2D eigenvalue weighted by molar-refractivity contribution is 5.81. The molecular weight excluding hydrogens is 326 g/mol. The summed E-state index contributed by atoms with van der Waals surface area (Å²) in [5.41, 5.74) is -1.15. The molecule has 0 heterocycles. The van der Waals surface area contributed by atoms with Gasteiger partial charge in [-0.2, -0.15) is 0 Å². The summed E-state index contributed by atoms with van der Waals surface area (Å²) in [5, 5.41) is 11.4. The summed E-state index contributed by atoms with van der Waals surface area (Å²) in [7, 11) is 0. The van der Waals surface area contributed by atoms with Crippen LogP contribution in [-0.4, -0.2) is 42.2 Å². The molecule has 1 saturated carbocycles. The van der Waals surface area contributed by atoms with Crippen molar-refractivity contribution in [2.24, 2.45) is 5.92 Å². The van der Waals surface area contributed by atoms with Gasteiger partial charge in [-0.25, -0.2) is 4.79 Å². The van der Waals surface area contributed by atoms with Gasteiger partial charge in [0.2, 0.25) is 0 Å². The third kappa shape index (κ3) is 5.09. The van der Waals surface area contributed by atoms with E-state index >= 15 is 0 Å². The van der Waals surface area contributed by atoms with E-state index in [4.69, 9.17) is 7.48 Å². The summed E-state index contributed by atoms with van der Waals surface area (Å²) in [6, 6.07) is 8.95. The maximum absolute atomic E-state index is 12.9. The lowest BCUT2D eigenvalue weighted by atomic mass is 9.73. The second-order valence-corrected chi connectivity index (χ2v) is 6.63. The second-order valence-electron chi connectivity index (χ2n) is 6.63. The minimum absolute atomic E-state index is 0.189. The monoisotopic (exact) mass is 359 g/mol. The number of rotatable bonds is 7. The van der Waals surface area contributed by atoms with Gasteiger partial charge in [-0.1, -0.05) is 75.3 Å². The summed E-state index contributed by atoms with van der Waals surface area (Å²) < 4.78 is 21.3. The van der Waals surface area contributed by atoms with E-state index in [2.05, 4.69) is 11.8 Å². The number of hydrogen-bond donors (Lipinski definition) is 1. The van der Waals surface area contributed by atoms with Gasteiger partial charge in [0, 0.05) is 5.92 Å². The van der Waals surface area contributed by atoms with Gasteiger partial charge in [0.1, 0.15) is 0 Å². The molecule has 0 spiro atoms. The van der Waals surface area contributed by atoms with Crippen molar-refractivity contribution in [1.82, 2.24) is 4.90 Å². The number of esters is 1. The van der Waals surface area contributed by atoms with Crippen molar-refractivity contribution in [1.29, 1.82) is 0 Å². The molecule has 26 heavy (non-hydrogen) atoms. The molecule has 0 bridgehead atoms. The Hall–Kier alpha value is -1.83. The van der Waals surface area contributed by atoms with Crippen molar-refractivity contribution < 1.29 is 17.4 Å². The number of carbonyl (C=O) groups excluding carboxylic acids is 1. The van der Waals surface area contributed by atoms with Crippen molar-refractivity contribution in [3.63, 3.8) is 0 Å². The third-order valence-electron chi connectivity index (χ3n) is 5.06. The van der Waals surface area contributed by atoms with Gasteiger partial charge in [-0.3, -0.25) is 4.90 Å². The molecule has 0 amide bonds. The zero-order chi connectivity index (χ0) is 20.6. The lowest BCUT2D eigenvalue weighted by Crippen LogP contribution is -2.45. The van der Waals surface area contributed by atoms with Gasteiger partial charge in [0.25, 0.3) is 0 Å². The van der Waals surface area contributed by atoms with Gasteiger partial charge in [0.15, 0.2) is 12.2 Å². The zero-order valence-corrected chi connectivity index (χ0v) is 15.8. The topological polar surface area (TPSA) is 49.8 Å². The zero-order valence-electron chi connectivity index (χ0n) is 17.8. The molecule has 4 nitrogen and oxygen atoms in total. The Bertz CT molecular complexity index is 689. The fourth-order valence-corrected chi connectivity index (χ4v) is 3.48. The van der Waals surface area contributed by atoms with Crippen molar-refractivity contribution >= 4 is 5.97 Å². The van der Waals surface area contributed by atoms with Crippen molar-refractivity contribution in [2.75, 3.05) is 26.2 Å². The standard InChI is InChI=1S/C22H31NO3/c1-3-23(4-2)17-11-12-18-26-21(24)22(25,19-13-7-5-8-14-19)20-15-9-6-10-16-20/h5,7-8,13-14,20,25H,3-4,6,9-10,15-18H2,1-2H3/t22-/m0/s1/i17D2. The van der Waals surface area contributed by atoms with E-state index in [1.165, 1.54) is 0 Å². The molecular formula is C22H31NO3. The number of carbonyl (C=O) groups is 1. The molecule has 142 valence electrons. The molecule has 2 rings (SSSR count). The molecule has 1 atom stereocenters. The van der Waals surface area contributed by atoms with E-state index in [1.54, 1.807) is 29.2 Å². The lowest BCUT2D eigenvalue weighted by molar-refractivity contribution is -0.174. The second kappa shape index (κ2) is 10.4. The van der Waals surface area contributed by atoms with Crippen molar-refractivity contribution in [2.45, 2.75) is 51.6 Å². The van der Waals surface area contributed by atoms with Crippen LogP contribution in [0.25, 0.3) is 0 Å². The molecule has 0 saturated heterocycles. The number of aliphatic hydroxyl groups is 1. The molecule has 1 aliphatic carbocycles. The van der Waals surface area contributed by atoms with E-state index < -0.39 is 18.1 Å². The van der Waals surface area contributed by atoms with Crippen LogP contribution < -0.4 is 0 Å². The largest absolute Gasteiger partial charge is 0.450 e. The molecule has 0 radical (unpaired) electrons. The molecule has 0 aromatic heterocycles. The predicted octanol–water partition coefficient (Wildman–Crippen LogP) is 3.34. The van der Waals surface area contributed by atoms with Crippen LogP contribution in [0.4, 0.5) is 0 Å². The average Bonchev–Trinajstić information content (AvgIpc) is 2.72. The van der Waals surface area contributed by atoms with Crippen molar-refractivity contribution in [3.8, 4) is 11.8 Å². The fourth-order valence-electron chi connectivity index (χ4n) is 3.48. The van der Waals surface area contributed by atoms with Crippen LogP contribution in [0.2, 0.25) is 0 Å². The quantitative estimate of drug-likeness (QED) is 0.599. The molecule has 1 aliphatic rings. The molecule has 1 fully saturated rings. The first kappa shape index (κ1) is 17.6. The first-order valence-electron chi connectivity index (χ1n) is 10.6. The Morgan fingerprint density at radius 1 is 1.23 bits per heavy atom. The first-order chi connectivity index (χ1) is 13.4. The highest BCUT2D eigenvalue weighted by atomic mass is 16.5. The van der Waals surface area contributed by atoms with Gasteiger partial charge in [-0.15, -0.1) is 0 Å². The number of nitrogens with zero attached hydrogens (tertiary/aromatic N) is 1. The van der Waals surface area contributed by atoms with Gasteiger partial charge >= 0.3 is 5.97 Å². The van der Waals surface area contributed by atoms with Crippen LogP contribution in [0, 0.1) is 17.8 Å². The Kier molecular flexibility index (Phi) is 7.00. The first-order valence-corrected chi connectivity index (χ1v) is 9.56. The highest BCUT2D eigenvalue weighted by Crippen LogP contribution is 2.40. The van der Waals surface area contributed by atoms with Crippen LogP contribution >= 0.6 is 0 Å². The fraction of sp³-hybridized carbons (Fsp3) is 0.591. The Balaban J connectivity index is 2.13. The highest BCUT2D eigenvalue weighted by Gasteiger charge is 2.46. The molecule has 4 heteroatoms. The maximum atomic E-state index is 12.9. The predicted molar refractivity (Wildman–Crippen MR) is 103 cm³/mol.